The zero-order valence-electron chi connectivity index (χ0n) is 8.81. The number of anilines is 1. The topological polar surface area (TPSA) is 122 Å². The van der Waals surface area contributed by atoms with E-state index in [9.17, 15) is 4.57 Å². The highest BCUT2D eigenvalue weighted by Gasteiger charge is 2.14. The van der Waals surface area contributed by atoms with Gasteiger partial charge < -0.3 is 15.1 Å². The van der Waals surface area contributed by atoms with Gasteiger partial charge in [-0.2, -0.15) is 5.10 Å². The van der Waals surface area contributed by atoms with Gasteiger partial charge in [-0.15, -0.1) is 0 Å². The molecule has 0 aromatic carbocycles. The van der Waals surface area contributed by atoms with Crippen molar-refractivity contribution in [2.24, 2.45) is 0 Å². The van der Waals surface area contributed by atoms with Crippen LogP contribution >= 0.6 is 7.82 Å². The molecule has 17 heavy (non-hydrogen) atoms. The lowest BCUT2D eigenvalue weighted by Crippen LogP contribution is -2.08. The Balaban J connectivity index is 2.16. The second-order valence-electron chi connectivity index (χ2n) is 3.18. The molecule has 2 aromatic heterocycles. The van der Waals surface area contributed by atoms with Gasteiger partial charge in [0.2, 0.25) is 0 Å². The summed E-state index contributed by atoms with van der Waals surface area (Å²) < 4.78 is 16.3. The van der Waals surface area contributed by atoms with Crippen LogP contribution in [0.3, 0.4) is 0 Å². The van der Waals surface area contributed by atoms with Gasteiger partial charge in [-0.1, -0.05) is 0 Å². The molecule has 0 saturated carbocycles. The molecule has 2 heterocycles. The molecular formula is C7H10N5O4P. The van der Waals surface area contributed by atoms with Gasteiger partial charge in [0.15, 0.2) is 11.5 Å². The summed E-state index contributed by atoms with van der Waals surface area (Å²) in [6.45, 7) is 1.45. The van der Waals surface area contributed by atoms with E-state index in [0.717, 1.165) is 5.69 Å². The van der Waals surface area contributed by atoms with E-state index in [1.54, 1.807) is 10.7 Å². The van der Waals surface area contributed by atoms with Crippen LogP contribution in [0.25, 0.3) is 5.65 Å². The maximum atomic E-state index is 10.5. The number of phosphoric ester groups is 1. The van der Waals surface area contributed by atoms with E-state index in [-0.39, 0.29) is 6.73 Å². The molecule has 0 amide bonds. The largest absolute Gasteiger partial charge is 0.471 e. The van der Waals surface area contributed by atoms with Crippen LogP contribution in [0, 0.1) is 6.92 Å². The van der Waals surface area contributed by atoms with Gasteiger partial charge in [0.05, 0.1) is 11.9 Å². The third kappa shape index (κ3) is 2.77. The molecule has 92 valence electrons. The first-order valence-electron chi connectivity index (χ1n) is 4.57. The SMILES string of the molecule is Cc1cnc2c(NCOP(=O)(O)O)ncnn12. The van der Waals surface area contributed by atoms with Crippen molar-refractivity contribution in [1.82, 2.24) is 19.6 Å². The molecule has 0 unspecified atom stereocenters. The minimum atomic E-state index is -4.49. The normalized spacial score (nSPS) is 11.9. The summed E-state index contributed by atoms with van der Waals surface area (Å²) in [5.41, 5.74) is 1.28. The number of aromatic nitrogens is 4. The van der Waals surface area contributed by atoms with Gasteiger partial charge in [0, 0.05) is 0 Å². The predicted molar refractivity (Wildman–Crippen MR) is 57.1 cm³/mol. The molecule has 0 aliphatic carbocycles. The summed E-state index contributed by atoms with van der Waals surface area (Å²) in [6.07, 6.45) is 2.92. The Morgan fingerprint density at radius 3 is 3.00 bits per heavy atom. The van der Waals surface area contributed by atoms with Gasteiger partial charge in [-0.25, -0.2) is 19.0 Å². The van der Waals surface area contributed by atoms with Gasteiger partial charge in [-0.05, 0) is 6.92 Å². The lowest BCUT2D eigenvalue weighted by molar-refractivity contribution is 0.209. The Hall–Kier alpha value is -1.54. The van der Waals surface area contributed by atoms with E-state index < -0.39 is 7.82 Å². The Labute approximate surface area is 95.7 Å². The van der Waals surface area contributed by atoms with Gasteiger partial charge in [0.25, 0.3) is 0 Å². The molecule has 0 bridgehead atoms. The highest BCUT2D eigenvalue weighted by molar-refractivity contribution is 7.46. The highest BCUT2D eigenvalue weighted by atomic mass is 31.2. The number of nitrogens with one attached hydrogen (secondary N) is 1. The van der Waals surface area contributed by atoms with Gasteiger partial charge >= 0.3 is 7.82 Å². The van der Waals surface area contributed by atoms with Crippen molar-refractivity contribution in [3.05, 3.63) is 18.2 Å². The molecule has 0 radical (unpaired) electrons. The highest BCUT2D eigenvalue weighted by Crippen LogP contribution is 2.35. The molecule has 0 fully saturated rings. The molecule has 9 nitrogen and oxygen atoms in total. The van der Waals surface area contributed by atoms with Crippen molar-refractivity contribution >= 4 is 19.3 Å². The third-order valence-corrected chi connectivity index (χ3v) is 2.41. The molecule has 0 saturated heterocycles. The minimum Gasteiger partial charge on any atom is -0.344 e. The maximum absolute atomic E-state index is 10.5. The number of nitrogens with zero attached hydrogens (tertiary/aromatic N) is 4. The Bertz CT molecular complexity index is 579. The quantitative estimate of drug-likeness (QED) is 0.514. The first-order chi connectivity index (χ1) is 7.97. The minimum absolute atomic E-state index is 0.335. The summed E-state index contributed by atoms with van der Waals surface area (Å²) >= 11 is 0. The Kier molecular flexibility index (Phi) is 3.07. The molecular weight excluding hydrogens is 249 g/mol. The summed E-state index contributed by atoms with van der Waals surface area (Å²) in [6, 6.07) is 0. The number of phosphoric acid groups is 1. The van der Waals surface area contributed by atoms with E-state index in [1.165, 1.54) is 6.33 Å². The molecule has 0 atom stereocenters. The zero-order chi connectivity index (χ0) is 12.5. The lowest BCUT2D eigenvalue weighted by atomic mass is 10.6. The molecule has 2 aromatic rings. The van der Waals surface area contributed by atoms with E-state index in [2.05, 4.69) is 24.9 Å². The molecule has 2 rings (SSSR count). The third-order valence-electron chi connectivity index (χ3n) is 1.95. The van der Waals surface area contributed by atoms with E-state index >= 15 is 0 Å². The number of fused-ring (bicyclic) bond motifs is 1. The van der Waals surface area contributed by atoms with Crippen molar-refractivity contribution in [3.63, 3.8) is 0 Å². The molecule has 10 heteroatoms. The second kappa shape index (κ2) is 4.38. The Morgan fingerprint density at radius 1 is 1.53 bits per heavy atom. The van der Waals surface area contributed by atoms with Crippen LogP contribution in [0.15, 0.2) is 12.5 Å². The molecule has 0 aliphatic heterocycles. The summed E-state index contributed by atoms with van der Waals surface area (Å²) in [5, 5.41) is 6.58. The maximum Gasteiger partial charge on any atom is 0.471 e. The number of rotatable bonds is 4. The number of hydrogen-bond donors (Lipinski definition) is 3. The zero-order valence-corrected chi connectivity index (χ0v) is 9.70. The van der Waals surface area contributed by atoms with E-state index in [1.807, 2.05) is 6.92 Å². The van der Waals surface area contributed by atoms with E-state index in [4.69, 9.17) is 9.79 Å². The fourth-order valence-electron chi connectivity index (χ4n) is 1.24. The average molecular weight is 259 g/mol. The van der Waals surface area contributed by atoms with Crippen molar-refractivity contribution < 1.29 is 18.9 Å². The van der Waals surface area contributed by atoms with Crippen molar-refractivity contribution in [1.29, 1.82) is 0 Å². The van der Waals surface area contributed by atoms with Crippen LogP contribution in [0.2, 0.25) is 0 Å². The van der Waals surface area contributed by atoms with Crippen LogP contribution in [0.5, 0.6) is 0 Å². The summed E-state index contributed by atoms with van der Waals surface area (Å²) in [4.78, 5) is 25.0. The molecule has 0 spiro atoms. The summed E-state index contributed by atoms with van der Waals surface area (Å²) in [5.74, 6) is 0.335. The van der Waals surface area contributed by atoms with Crippen molar-refractivity contribution in [3.8, 4) is 0 Å². The van der Waals surface area contributed by atoms with Crippen molar-refractivity contribution in [2.45, 2.75) is 6.92 Å². The van der Waals surface area contributed by atoms with Crippen LogP contribution in [0.4, 0.5) is 5.82 Å². The number of aryl methyl sites for hydroxylation is 1. The fraction of sp³-hybridized carbons (Fsp3) is 0.286. The van der Waals surface area contributed by atoms with Crippen LogP contribution in [0.1, 0.15) is 5.69 Å². The lowest BCUT2D eigenvalue weighted by Gasteiger charge is -2.07. The number of hydrogen-bond acceptors (Lipinski definition) is 6. The Morgan fingerprint density at radius 2 is 2.29 bits per heavy atom. The predicted octanol–water partition coefficient (Wildman–Crippen LogP) is -0.0886. The smallest absolute Gasteiger partial charge is 0.344 e. The van der Waals surface area contributed by atoms with Crippen LogP contribution in [-0.2, 0) is 9.09 Å². The average Bonchev–Trinajstić information content (AvgIpc) is 2.60. The summed E-state index contributed by atoms with van der Waals surface area (Å²) in [7, 11) is -4.49. The van der Waals surface area contributed by atoms with Crippen LogP contribution < -0.4 is 5.32 Å². The molecule has 0 aliphatic rings. The second-order valence-corrected chi connectivity index (χ2v) is 4.42. The van der Waals surface area contributed by atoms with Gasteiger partial charge in [-0.3, -0.25) is 4.52 Å². The number of imidazole rings is 1. The van der Waals surface area contributed by atoms with Crippen LogP contribution in [-0.4, -0.2) is 36.1 Å². The van der Waals surface area contributed by atoms with Gasteiger partial charge in [0.1, 0.15) is 13.1 Å². The van der Waals surface area contributed by atoms with E-state index in [0.29, 0.717) is 11.5 Å². The van der Waals surface area contributed by atoms with Crippen molar-refractivity contribution in [2.75, 3.05) is 12.0 Å². The first kappa shape index (κ1) is 11.9. The fourth-order valence-corrected chi connectivity index (χ4v) is 1.47. The monoisotopic (exact) mass is 259 g/mol. The first-order valence-corrected chi connectivity index (χ1v) is 6.10. The molecule has 3 N–H and O–H groups in total. The standard InChI is InChI=1S/C7H10N5O4P/c1-5-2-8-7-6(9-3-11-12(5)7)10-4-16-17(13,14)15/h2-3H,4H2,1H3,(H,9,10,11)(H2,13,14,15).